The predicted octanol–water partition coefficient (Wildman–Crippen LogP) is 4.22. The van der Waals surface area contributed by atoms with Gasteiger partial charge in [0.25, 0.3) is 0 Å². The molecular weight excluding hydrogens is 302 g/mol. The number of benzene rings is 2. The largest absolute Gasteiger partial charge is 0.450 e. The second-order valence-electron chi connectivity index (χ2n) is 5.68. The average molecular weight is 319 g/mol. The smallest absolute Gasteiger partial charge is 0.411 e. The molecule has 1 heterocycles. The molecule has 3 aromatic rings. The zero-order chi connectivity index (χ0) is 16.5. The molecule has 5 nitrogen and oxygen atoms in total. The van der Waals surface area contributed by atoms with Crippen LogP contribution in [0.15, 0.2) is 48.5 Å². The van der Waals surface area contributed by atoms with Gasteiger partial charge in [-0.25, -0.2) is 4.79 Å². The summed E-state index contributed by atoms with van der Waals surface area (Å²) in [5.41, 5.74) is 7.57. The molecule has 0 unspecified atom stereocenters. The molecule has 0 radical (unpaired) electrons. The lowest BCUT2D eigenvalue weighted by Crippen LogP contribution is -2.13. The van der Waals surface area contributed by atoms with E-state index in [2.05, 4.69) is 33.7 Å². The summed E-state index contributed by atoms with van der Waals surface area (Å²) in [6, 6.07) is 16.0. The van der Waals surface area contributed by atoms with Crippen LogP contribution in [-0.2, 0) is 11.2 Å². The molecule has 24 heavy (non-hydrogen) atoms. The van der Waals surface area contributed by atoms with E-state index in [0.29, 0.717) is 12.3 Å². The van der Waals surface area contributed by atoms with Gasteiger partial charge in [-0.05, 0) is 24.6 Å². The summed E-state index contributed by atoms with van der Waals surface area (Å²) < 4.78 is 4.88. The van der Waals surface area contributed by atoms with Gasteiger partial charge in [0.15, 0.2) is 0 Å². The van der Waals surface area contributed by atoms with Gasteiger partial charge in [0, 0.05) is 28.8 Å². The highest BCUT2D eigenvalue weighted by Crippen LogP contribution is 2.39. The number of aromatic amines is 1. The molecule has 120 valence electrons. The number of hydrogen-bond acceptors (Lipinski definition) is 3. The number of carbonyl (C=O) groups excluding carboxylic acids is 1. The molecule has 0 aliphatic heterocycles. The van der Waals surface area contributed by atoms with Crippen LogP contribution in [0.1, 0.15) is 18.1 Å². The molecule has 2 N–H and O–H groups in total. The lowest BCUT2D eigenvalue weighted by molar-refractivity contribution is 0.168. The fourth-order valence-corrected chi connectivity index (χ4v) is 3.10. The molecule has 0 fully saturated rings. The SMILES string of the molecule is CCOC(=O)Nc1ccc(-c2n[nH]c3c2Cc2ccccc2-3)cc1. The van der Waals surface area contributed by atoms with E-state index >= 15 is 0 Å². The number of carbonyl (C=O) groups is 1. The number of anilines is 1. The third-order valence-corrected chi connectivity index (χ3v) is 4.20. The molecule has 1 amide bonds. The van der Waals surface area contributed by atoms with Gasteiger partial charge in [-0.2, -0.15) is 5.10 Å². The van der Waals surface area contributed by atoms with Crippen molar-refractivity contribution in [3.05, 3.63) is 59.7 Å². The molecular formula is C19H17N3O2. The Labute approximate surface area is 139 Å². The van der Waals surface area contributed by atoms with Crippen LogP contribution in [0.5, 0.6) is 0 Å². The van der Waals surface area contributed by atoms with E-state index in [4.69, 9.17) is 4.74 Å². The highest BCUT2D eigenvalue weighted by Gasteiger charge is 2.24. The van der Waals surface area contributed by atoms with Crippen LogP contribution in [-0.4, -0.2) is 22.9 Å². The molecule has 2 aromatic carbocycles. The van der Waals surface area contributed by atoms with E-state index in [1.165, 1.54) is 16.7 Å². The minimum atomic E-state index is -0.443. The number of amides is 1. The first-order valence-electron chi connectivity index (χ1n) is 7.96. The Morgan fingerprint density at radius 2 is 2.00 bits per heavy atom. The van der Waals surface area contributed by atoms with Gasteiger partial charge in [0.2, 0.25) is 0 Å². The third-order valence-electron chi connectivity index (χ3n) is 4.20. The van der Waals surface area contributed by atoms with E-state index in [1.807, 2.05) is 30.3 Å². The van der Waals surface area contributed by atoms with Crippen molar-refractivity contribution in [1.29, 1.82) is 0 Å². The molecule has 1 aliphatic rings. The second-order valence-corrected chi connectivity index (χ2v) is 5.68. The van der Waals surface area contributed by atoms with Crippen molar-refractivity contribution in [2.24, 2.45) is 0 Å². The van der Waals surface area contributed by atoms with Gasteiger partial charge >= 0.3 is 6.09 Å². The normalized spacial score (nSPS) is 11.7. The third kappa shape index (κ3) is 2.44. The zero-order valence-corrected chi connectivity index (χ0v) is 13.3. The van der Waals surface area contributed by atoms with E-state index in [9.17, 15) is 4.79 Å². The Morgan fingerprint density at radius 1 is 1.21 bits per heavy atom. The zero-order valence-electron chi connectivity index (χ0n) is 13.3. The Hall–Kier alpha value is -3.08. The van der Waals surface area contributed by atoms with Crippen LogP contribution in [0.4, 0.5) is 10.5 Å². The molecule has 0 saturated carbocycles. The van der Waals surface area contributed by atoms with Gasteiger partial charge in [0.1, 0.15) is 0 Å². The van der Waals surface area contributed by atoms with E-state index < -0.39 is 6.09 Å². The van der Waals surface area contributed by atoms with Crippen LogP contribution in [0.3, 0.4) is 0 Å². The maximum Gasteiger partial charge on any atom is 0.411 e. The van der Waals surface area contributed by atoms with Crippen LogP contribution >= 0.6 is 0 Å². The summed E-state index contributed by atoms with van der Waals surface area (Å²) in [6.07, 6.45) is 0.446. The molecule has 1 aliphatic carbocycles. The quantitative estimate of drug-likeness (QED) is 0.594. The summed E-state index contributed by atoms with van der Waals surface area (Å²) in [7, 11) is 0. The van der Waals surface area contributed by atoms with Crippen LogP contribution in [0.2, 0.25) is 0 Å². The van der Waals surface area contributed by atoms with Gasteiger partial charge in [-0.3, -0.25) is 10.4 Å². The first-order chi connectivity index (χ1) is 11.8. The predicted molar refractivity (Wildman–Crippen MR) is 92.9 cm³/mol. The first kappa shape index (κ1) is 14.5. The van der Waals surface area contributed by atoms with Crippen molar-refractivity contribution < 1.29 is 9.53 Å². The van der Waals surface area contributed by atoms with Crippen LogP contribution in [0, 0.1) is 0 Å². The Balaban J connectivity index is 1.60. The van der Waals surface area contributed by atoms with Gasteiger partial charge in [-0.1, -0.05) is 36.4 Å². The number of aromatic nitrogens is 2. The first-order valence-corrected chi connectivity index (χ1v) is 7.96. The number of nitrogens with one attached hydrogen (secondary N) is 2. The van der Waals surface area contributed by atoms with Gasteiger partial charge < -0.3 is 4.74 Å². The Morgan fingerprint density at radius 3 is 2.79 bits per heavy atom. The summed E-state index contributed by atoms with van der Waals surface area (Å²) in [4.78, 5) is 11.5. The number of hydrogen-bond donors (Lipinski definition) is 2. The van der Waals surface area contributed by atoms with Crippen molar-refractivity contribution in [2.75, 3.05) is 11.9 Å². The molecule has 4 rings (SSSR count). The summed E-state index contributed by atoms with van der Waals surface area (Å²) in [6.45, 7) is 2.13. The van der Waals surface area contributed by atoms with Crippen molar-refractivity contribution in [1.82, 2.24) is 10.2 Å². The van der Waals surface area contributed by atoms with E-state index in [0.717, 1.165) is 23.4 Å². The fraction of sp³-hybridized carbons (Fsp3) is 0.158. The highest BCUT2D eigenvalue weighted by molar-refractivity contribution is 5.86. The highest BCUT2D eigenvalue weighted by atomic mass is 16.5. The van der Waals surface area contributed by atoms with E-state index in [-0.39, 0.29) is 0 Å². The maximum absolute atomic E-state index is 11.5. The molecule has 0 atom stereocenters. The monoisotopic (exact) mass is 319 g/mol. The number of fused-ring (bicyclic) bond motifs is 3. The van der Waals surface area contributed by atoms with Crippen LogP contribution < -0.4 is 5.32 Å². The van der Waals surface area contributed by atoms with E-state index in [1.54, 1.807) is 6.92 Å². The molecule has 5 heteroatoms. The van der Waals surface area contributed by atoms with Crippen LogP contribution in [0.25, 0.3) is 22.5 Å². The minimum Gasteiger partial charge on any atom is -0.450 e. The number of ether oxygens (including phenoxy) is 1. The summed E-state index contributed by atoms with van der Waals surface area (Å²) in [5, 5.41) is 10.3. The molecule has 0 saturated heterocycles. The number of H-pyrrole nitrogens is 1. The molecule has 0 spiro atoms. The Bertz CT molecular complexity index is 897. The summed E-state index contributed by atoms with van der Waals surface area (Å²) >= 11 is 0. The summed E-state index contributed by atoms with van der Waals surface area (Å²) in [5.74, 6) is 0. The number of rotatable bonds is 3. The van der Waals surface area contributed by atoms with Crippen molar-refractivity contribution in [3.8, 4) is 22.5 Å². The maximum atomic E-state index is 11.5. The lowest BCUT2D eigenvalue weighted by Gasteiger charge is -2.06. The fourth-order valence-electron chi connectivity index (χ4n) is 3.10. The number of nitrogens with zero attached hydrogens (tertiary/aromatic N) is 1. The molecule has 0 bridgehead atoms. The van der Waals surface area contributed by atoms with Crippen molar-refractivity contribution in [2.45, 2.75) is 13.3 Å². The molecule has 1 aromatic heterocycles. The lowest BCUT2D eigenvalue weighted by atomic mass is 10.1. The topological polar surface area (TPSA) is 67.0 Å². The minimum absolute atomic E-state index is 0.351. The van der Waals surface area contributed by atoms with Crippen molar-refractivity contribution >= 4 is 11.8 Å². The van der Waals surface area contributed by atoms with Gasteiger partial charge in [0.05, 0.1) is 18.0 Å². The average Bonchev–Trinajstić information content (AvgIpc) is 3.15. The van der Waals surface area contributed by atoms with Crippen molar-refractivity contribution in [3.63, 3.8) is 0 Å². The standard InChI is InChI=1S/C19H17N3O2/c1-2-24-19(23)20-14-9-7-12(8-10-14)17-16-11-13-5-3-4-6-15(13)18(16)22-21-17/h3-10H,2,11H2,1H3,(H,20,23)(H,21,22). The Kier molecular flexibility index (Phi) is 3.54. The van der Waals surface area contributed by atoms with Gasteiger partial charge in [-0.15, -0.1) is 0 Å². The second kappa shape index (κ2) is 5.85.